The first kappa shape index (κ1) is 66.1. The molecule has 2 aliphatic heterocycles. The van der Waals surface area contributed by atoms with Gasteiger partial charge in [-0.1, -0.05) is 243 Å². The summed E-state index contributed by atoms with van der Waals surface area (Å²) < 4.78 is 0. The molecule has 17 rings (SSSR count). The van der Waals surface area contributed by atoms with Gasteiger partial charge in [0.25, 0.3) is 22.7 Å². The zero-order valence-corrected chi connectivity index (χ0v) is 57.3. The molecule has 0 amide bonds. The summed E-state index contributed by atoms with van der Waals surface area (Å²) in [7, 11) is 0. The van der Waals surface area contributed by atoms with Gasteiger partial charge in [0.2, 0.25) is 0 Å². The predicted octanol–water partition coefficient (Wildman–Crippen LogP) is 20.4. The maximum atomic E-state index is 13.0. The molecule has 0 fully saturated rings. The summed E-state index contributed by atoms with van der Waals surface area (Å²) in [6.07, 6.45) is 0. The first-order chi connectivity index (χ1) is 52.9. The van der Waals surface area contributed by atoms with Gasteiger partial charge in [-0.05, 0) is 115 Å². The van der Waals surface area contributed by atoms with Crippen molar-refractivity contribution in [2.75, 3.05) is 0 Å². The number of aromatic nitrogens is 2. The molecule has 2 aromatic heterocycles. The molecule has 8 bridgehead atoms. The van der Waals surface area contributed by atoms with Gasteiger partial charge in [0.15, 0.2) is 0 Å². The molecule has 1 aliphatic carbocycles. The van der Waals surface area contributed by atoms with Crippen molar-refractivity contribution >= 4 is 78.8 Å². The van der Waals surface area contributed by atoms with Crippen molar-refractivity contribution in [1.29, 1.82) is 0 Å². The van der Waals surface area contributed by atoms with Crippen LogP contribution in [0.3, 0.4) is 0 Å². The van der Waals surface area contributed by atoms with Crippen LogP contribution in [0, 0.1) is 40.5 Å². The molecule has 108 heavy (non-hydrogen) atoms. The normalized spacial score (nSPS) is 13.4. The molecule has 3 aliphatic rings. The molecule has 0 spiro atoms. The van der Waals surface area contributed by atoms with Gasteiger partial charge >= 0.3 is 0 Å². The lowest BCUT2D eigenvalue weighted by atomic mass is 9.83. The van der Waals surface area contributed by atoms with Crippen molar-refractivity contribution in [2.45, 2.75) is 0 Å². The van der Waals surface area contributed by atoms with Crippen LogP contribution in [0.2, 0.25) is 0 Å². The Kier molecular flexibility index (Phi) is 17.1. The highest BCUT2D eigenvalue weighted by atomic mass is 16.6. The molecule has 0 atom stereocenters. The smallest absolute Gasteiger partial charge is 0.269 e. The molecule has 0 saturated heterocycles. The summed E-state index contributed by atoms with van der Waals surface area (Å²) in [5.41, 5.74) is 17.5. The molecule has 16 heteroatoms. The molecular weight excluding hydrogens is 1350 g/mol. The SMILES string of the molecule is O=[N+]([O-])c1ccc(C2=C3N=C(C(c4ccccc4)=C3c3ccccc3)C(c3ccc([N+](=O)[O-])cc3)=c3[nH]c(c(-c4ccccc4)c3-c3ccccc3)=C(c3ccc([N+](=O)[O-])cc3)C3=NC(=C(c4ccc([N+](=O)[O-])cc4)c4[nH]c2c(-c2ccccc2)c4-c2ccccc2)C(c2ccccc2)=C3c2ccccc2)cc1. The molecule has 16 nitrogen and oxygen atoms in total. The Bertz CT molecular complexity index is 5920. The number of aromatic amines is 2. The summed E-state index contributed by atoms with van der Waals surface area (Å²) >= 11 is 0. The Labute approximate surface area is 617 Å². The first-order valence-electron chi connectivity index (χ1n) is 34.8. The Hall–Kier alpha value is -15.2. The molecule has 0 radical (unpaired) electrons. The summed E-state index contributed by atoms with van der Waals surface area (Å²) in [5.74, 6) is 0. The van der Waals surface area contributed by atoms with E-state index in [1.54, 1.807) is 48.5 Å². The fourth-order valence-electron chi connectivity index (χ4n) is 15.1. The number of hydrogen-bond acceptors (Lipinski definition) is 10. The fraction of sp³-hybridized carbons (Fsp3) is 0. The second kappa shape index (κ2) is 27.9. The quantitative estimate of drug-likeness (QED) is 0.0696. The number of non-ortho nitro benzene ring substituents is 4. The van der Waals surface area contributed by atoms with Gasteiger partial charge in [-0.3, -0.25) is 40.5 Å². The van der Waals surface area contributed by atoms with Gasteiger partial charge < -0.3 is 9.97 Å². The number of allylic oxidation sites excluding steroid dienone is 4. The van der Waals surface area contributed by atoms with Crippen molar-refractivity contribution < 1.29 is 19.7 Å². The lowest BCUT2D eigenvalue weighted by Crippen LogP contribution is -2.24. The van der Waals surface area contributed by atoms with E-state index in [-0.39, 0.29) is 22.7 Å². The Morgan fingerprint density at radius 3 is 0.648 bits per heavy atom. The minimum Gasteiger partial charge on any atom is -0.353 e. The summed E-state index contributed by atoms with van der Waals surface area (Å²) in [6, 6.07) is 105. The highest BCUT2D eigenvalue weighted by Crippen LogP contribution is 2.55. The number of rotatable bonds is 16. The molecule has 0 saturated carbocycles. The molecule has 12 aromatic carbocycles. The van der Waals surface area contributed by atoms with Crippen molar-refractivity contribution in [3.8, 4) is 44.5 Å². The molecule has 514 valence electrons. The Balaban J connectivity index is 1.25. The van der Waals surface area contributed by atoms with E-state index in [1.165, 1.54) is 48.5 Å². The molecule has 2 N–H and O–H groups in total. The number of nitro groups is 4. The van der Waals surface area contributed by atoms with Gasteiger partial charge in [0.1, 0.15) is 0 Å². The summed E-state index contributed by atoms with van der Waals surface area (Å²) in [6.45, 7) is 0. The lowest BCUT2D eigenvalue weighted by Gasteiger charge is -2.17. The van der Waals surface area contributed by atoms with Crippen LogP contribution in [0.4, 0.5) is 22.7 Å². The number of H-pyrrole nitrogens is 2. The van der Waals surface area contributed by atoms with Gasteiger partial charge in [-0.2, -0.15) is 0 Å². The van der Waals surface area contributed by atoms with Crippen molar-refractivity contribution in [3.05, 3.63) is 458 Å². The summed E-state index contributed by atoms with van der Waals surface area (Å²) in [4.78, 5) is 71.1. The molecular formula is C92H58N8O8. The Morgan fingerprint density at radius 2 is 0.407 bits per heavy atom. The Morgan fingerprint density at radius 1 is 0.204 bits per heavy atom. The van der Waals surface area contributed by atoms with Crippen LogP contribution >= 0.6 is 0 Å². The number of nitrogens with one attached hydrogen (secondary N) is 2. The van der Waals surface area contributed by atoms with Crippen LogP contribution in [0.1, 0.15) is 55.9 Å². The van der Waals surface area contributed by atoms with Crippen LogP contribution in [-0.2, 0) is 0 Å². The number of fused-ring (bicyclic) bond motifs is 10. The lowest BCUT2D eigenvalue weighted by molar-refractivity contribution is -0.385. The van der Waals surface area contributed by atoms with E-state index in [0.29, 0.717) is 134 Å². The van der Waals surface area contributed by atoms with Crippen LogP contribution in [0.15, 0.2) is 361 Å². The highest BCUT2D eigenvalue weighted by molar-refractivity contribution is 6.53. The van der Waals surface area contributed by atoms with E-state index in [4.69, 9.17) is 9.98 Å². The van der Waals surface area contributed by atoms with Gasteiger partial charge in [0.05, 0.1) is 64.6 Å². The average molecular weight is 1400 g/mol. The van der Waals surface area contributed by atoms with Crippen LogP contribution in [0.5, 0.6) is 0 Å². The van der Waals surface area contributed by atoms with E-state index >= 15 is 0 Å². The van der Waals surface area contributed by atoms with Crippen LogP contribution in [-0.4, -0.2) is 41.1 Å². The van der Waals surface area contributed by atoms with Gasteiger partial charge in [0, 0.05) is 115 Å². The second-order valence-electron chi connectivity index (χ2n) is 26.0. The van der Waals surface area contributed by atoms with Crippen LogP contribution < -0.4 is 10.7 Å². The monoisotopic (exact) mass is 1400 g/mol. The second-order valence-corrected chi connectivity index (χ2v) is 26.0. The average Bonchev–Trinajstić information content (AvgIpc) is 1.55. The number of hydrogen-bond donors (Lipinski definition) is 2. The van der Waals surface area contributed by atoms with E-state index in [2.05, 4.69) is 9.97 Å². The van der Waals surface area contributed by atoms with E-state index in [0.717, 1.165) is 44.5 Å². The van der Waals surface area contributed by atoms with Gasteiger partial charge in [-0.15, -0.1) is 0 Å². The minimum atomic E-state index is -0.431. The largest absolute Gasteiger partial charge is 0.353 e. The third kappa shape index (κ3) is 11.8. The number of nitro benzene ring substituents is 4. The third-order valence-corrected chi connectivity index (χ3v) is 19.8. The fourth-order valence-corrected chi connectivity index (χ4v) is 15.1. The molecule has 14 aromatic rings. The maximum absolute atomic E-state index is 13.0. The highest BCUT2D eigenvalue weighted by Gasteiger charge is 2.40. The maximum Gasteiger partial charge on any atom is 0.269 e. The molecule has 4 heterocycles. The third-order valence-electron chi connectivity index (χ3n) is 19.8. The predicted molar refractivity (Wildman–Crippen MR) is 426 cm³/mol. The van der Waals surface area contributed by atoms with E-state index in [9.17, 15) is 40.5 Å². The number of nitrogens with zero attached hydrogens (tertiary/aromatic N) is 6. The van der Waals surface area contributed by atoms with Crippen LogP contribution in [0.25, 0.3) is 89.1 Å². The minimum absolute atomic E-state index is 0.157. The summed E-state index contributed by atoms with van der Waals surface area (Å²) in [5, 5.41) is 53.0. The van der Waals surface area contributed by atoms with E-state index in [1.807, 2.05) is 243 Å². The van der Waals surface area contributed by atoms with Gasteiger partial charge in [-0.25, -0.2) is 9.98 Å². The zero-order valence-electron chi connectivity index (χ0n) is 57.3. The van der Waals surface area contributed by atoms with Crippen molar-refractivity contribution in [2.24, 2.45) is 9.98 Å². The topological polar surface area (TPSA) is 229 Å². The number of aliphatic imine (C=N–C) groups is 2. The number of benzene rings is 12. The van der Waals surface area contributed by atoms with Crippen molar-refractivity contribution in [3.63, 3.8) is 0 Å². The standard InChI is InChI=1S/C92H58N8O8/c101-97(102)69-49-41-65(42-50-69)81-85-73(57-25-9-1-10-26-57)74(58-27-11-2-12-28-58)86(93-85)82(66-43-51-70(52-44-66)98(103)104)88-77(61-33-17-5-18-34-61)78(62-35-19-6-20-36-62)90(95-88)84(68-47-55-72(56-48-68)100(107)108)92-80(64-39-23-8-24-40-64)79(63-37-21-7-22-38-63)91(96-92)83(67-45-53-71(54-46-67)99(105)106)89-76(60-31-15-4-16-32-60)75(87(81)94-89)59-29-13-3-14-30-59/h1-56,93,96H. The first-order valence-corrected chi connectivity index (χ1v) is 34.8. The van der Waals surface area contributed by atoms with Crippen molar-refractivity contribution in [1.82, 2.24) is 9.97 Å². The van der Waals surface area contributed by atoms with E-state index < -0.39 is 19.7 Å². The zero-order chi connectivity index (χ0) is 73.5. The molecule has 0 unspecified atom stereocenters.